The Balaban J connectivity index is 2.36. The zero-order valence-corrected chi connectivity index (χ0v) is 8.32. The zero-order chi connectivity index (χ0) is 9.42. The van der Waals surface area contributed by atoms with Crippen molar-refractivity contribution in [2.75, 3.05) is 34.3 Å². The van der Waals surface area contributed by atoms with Gasteiger partial charge in [-0.15, -0.1) is 0 Å². The highest BCUT2D eigenvalue weighted by Gasteiger charge is 2.25. The number of hydrogen-bond donors (Lipinski definition) is 0. The van der Waals surface area contributed by atoms with Crippen molar-refractivity contribution in [3.05, 3.63) is 24.1 Å². The van der Waals surface area contributed by atoms with Crippen LogP contribution in [0.3, 0.4) is 0 Å². The van der Waals surface area contributed by atoms with Crippen molar-refractivity contribution in [2.45, 2.75) is 0 Å². The minimum absolute atomic E-state index is 0.765. The molecule has 0 spiro atoms. The summed E-state index contributed by atoms with van der Waals surface area (Å²) in [6, 6.07) is 0. The number of likely N-dealkylation sites (N-methyl/N-ethyl adjacent to an activating group) is 1. The molecule has 0 fully saturated rings. The fourth-order valence-electron chi connectivity index (χ4n) is 1.63. The third-order valence-electron chi connectivity index (χ3n) is 2.39. The van der Waals surface area contributed by atoms with Gasteiger partial charge in [-0.25, -0.2) is 0 Å². The maximum Gasteiger partial charge on any atom is 0.235 e. The van der Waals surface area contributed by atoms with Crippen LogP contribution in [-0.4, -0.2) is 49.0 Å². The topological polar surface area (TPSA) is 19.0 Å². The molecule has 0 amide bonds. The Morgan fingerprint density at radius 1 is 1.15 bits per heavy atom. The van der Waals surface area contributed by atoms with Gasteiger partial charge in [-0.2, -0.15) is 0 Å². The summed E-state index contributed by atoms with van der Waals surface area (Å²) in [4.78, 5) is 6.29. The summed E-state index contributed by atoms with van der Waals surface area (Å²) in [6.45, 7) is 1.71. The fraction of sp³-hybridized carbons (Fsp3) is 0.556. The van der Waals surface area contributed by atoms with Crippen LogP contribution < -0.4 is 0 Å². The zero-order valence-electron chi connectivity index (χ0n) is 8.32. The maximum absolute atomic E-state index is 5.61. The molecule has 0 saturated heterocycles. The van der Waals surface area contributed by atoms with Crippen LogP contribution in [0.4, 0.5) is 0 Å². The van der Waals surface area contributed by atoms with Gasteiger partial charge in [-0.1, -0.05) is 0 Å². The number of nitrogens with zero attached hydrogens (tertiary/aromatic N) is 3. The van der Waals surface area contributed by atoms with E-state index in [1.807, 2.05) is 31.4 Å². The van der Waals surface area contributed by atoms with Gasteiger partial charge >= 0.3 is 0 Å². The monoisotopic (exact) mass is 181 g/mol. The first-order valence-corrected chi connectivity index (χ1v) is 4.42. The van der Waals surface area contributed by atoms with Crippen LogP contribution in [0, 0.1) is 0 Å². The molecule has 0 aliphatic carbocycles. The summed E-state index contributed by atoms with van der Waals surface area (Å²) >= 11 is 0. The Bertz CT molecular complexity index is 272. The van der Waals surface area contributed by atoms with Crippen molar-refractivity contribution in [1.82, 2.24) is 14.7 Å². The van der Waals surface area contributed by atoms with Gasteiger partial charge in [0.1, 0.15) is 6.61 Å². The van der Waals surface area contributed by atoms with Crippen molar-refractivity contribution in [1.29, 1.82) is 0 Å². The van der Waals surface area contributed by atoms with Crippen LogP contribution in [0.1, 0.15) is 0 Å². The largest absolute Gasteiger partial charge is 0.474 e. The summed E-state index contributed by atoms with van der Waals surface area (Å²) in [5.74, 6) is 2.08. The normalized spacial score (nSPS) is 21.9. The van der Waals surface area contributed by atoms with Crippen LogP contribution in [0.15, 0.2) is 24.1 Å². The molecule has 0 saturated carbocycles. The third-order valence-corrected chi connectivity index (χ3v) is 2.39. The summed E-state index contributed by atoms with van der Waals surface area (Å²) < 4.78 is 5.61. The minimum Gasteiger partial charge on any atom is -0.474 e. The van der Waals surface area contributed by atoms with Gasteiger partial charge in [0.25, 0.3) is 0 Å². The molecule has 2 aliphatic heterocycles. The lowest BCUT2D eigenvalue weighted by Gasteiger charge is -2.39. The van der Waals surface area contributed by atoms with Crippen molar-refractivity contribution >= 4 is 0 Å². The second-order valence-corrected chi connectivity index (χ2v) is 3.42. The van der Waals surface area contributed by atoms with Gasteiger partial charge in [0, 0.05) is 33.5 Å². The van der Waals surface area contributed by atoms with Crippen molar-refractivity contribution < 1.29 is 4.74 Å². The van der Waals surface area contributed by atoms with Gasteiger partial charge in [0.2, 0.25) is 5.88 Å². The molecule has 0 aromatic heterocycles. The van der Waals surface area contributed by atoms with Gasteiger partial charge < -0.3 is 19.4 Å². The summed E-state index contributed by atoms with van der Waals surface area (Å²) in [6.07, 6.45) is 4.03. The Kier molecular flexibility index (Phi) is 1.83. The molecule has 2 heterocycles. The smallest absolute Gasteiger partial charge is 0.235 e. The summed E-state index contributed by atoms with van der Waals surface area (Å²) in [5, 5.41) is 0. The molecule has 0 bridgehead atoms. The van der Waals surface area contributed by atoms with Crippen LogP contribution in [-0.2, 0) is 4.74 Å². The van der Waals surface area contributed by atoms with Crippen LogP contribution in [0.25, 0.3) is 0 Å². The van der Waals surface area contributed by atoms with Gasteiger partial charge in [-0.3, -0.25) is 0 Å². The Hall–Kier alpha value is -1.32. The molecule has 4 nitrogen and oxygen atoms in total. The lowest BCUT2D eigenvalue weighted by atomic mass is 10.4. The second kappa shape index (κ2) is 2.87. The van der Waals surface area contributed by atoms with Crippen LogP contribution >= 0.6 is 0 Å². The maximum atomic E-state index is 5.61. The Morgan fingerprint density at radius 3 is 2.54 bits per heavy atom. The second-order valence-electron chi connectivity index (χ2n) is 3.42. The SMILES string of the molecule is CN1C=CN(C)C2=C1OCCN2C. The highest BCUT2D eigenvalue weighted by Crippen LogP contribution is 2.24. The average molecular weight is 181 g/mol. The van der Waals surface area contributed by atoms with E-state index in [2.05, 4.69) is 16.8 Å². The van der Waals surface area contributed by atoms with Crippen LogP contribution in [0.5, 0.6) is 0 Å². The van der Waals surface area contributed by atoms with E-state index in [9.17, 15) is 0 Å². The molecule has 0 N–H and O–H groups in total. The molecule has 4 heteroatoms. The average Bonchev–Trinajstić information content (AvgIpc) is 2.12. The molecular formula is C9H15N3O. The lowest BCUT2D eigenvalue weighted by molar-refractivity contribution is 0.0653. The van der Waals surface area contributed by atoms with Gasteiger partial charge in [-0.05, 0) is 0 Å². The highest BCUT2D eigenvalue weighted by molar-refractivity contribution is 5.16. The van der Waals surface area contributed by atoms with Crippen molar-refractivity contribution in [3.8, 4) is 0 Å². The molecule has 2 aliphatic rings. The van der Waals surface area contributed by atoms with E-state index >= 15 is 0 Å². The Morgan fingerprint density at radius 2 is 1.85 bits per heavy atom. The fourth-order valence-corrected chi connectivity index (χ4v) is 1.63. The predicted octanol–water partition coefficient (Wildman–Crippen LogP) is 0.423. The number of rotatable bonds is 0. The molecule has 0 radical (unpaired) electrons. The van der Waals surface area contributed by atoms with Crippen molar-refractivity contribution in [3.63, 3.8) is 0 Å². The Labute approximate surface area is 78.7 Å². The first kappa shape index (κ1) is 8.29. The van der Waals surface area contributed by atoms with Gasteiger partial charge in [0.05, 0.1) is 6.54 Å². The predicted molar refractivity (Wildman–Crippen MR) is 50.3 cm³/mol. The first-order valence-electron chi connectivity index (χ1n) is 4.42. The van der Waals surface area contributed by atoms with E-state index in [0.29, 0.717) is 0 Å². The van der Waals surface area contributed by atoms with E-state index in [-0.39, 0.29) is 0 Å². The summed E-state index contributed by atoms with van der Waals surface area (Å²) in [7, 11) is 6.11. The first-order chi connectivity index (χ1) is 6.20. The number of hydrogen-bond acceptors (Lipinski definition) is 4. The molecule has 0 aromatic rings. The van der Waals surface area contributed by atoms with Crippen LogP contribution in [0.2, 0.25) is 0 Å². The standard InChI is InChI=1S/C9H15N3O/c1-10-4-5-12(3)9-8(10)11(2)6-7-13-9/h4-5H,6-7H2,1-3H3. The molecular weight excluding hydrogens is 166 g/mol. The van der Waals surface area contributed by atoms with E-state index in [0.717, 1.165) is 24.9 Å². The molecule has 2 rings (SSSR count). The van der Waals surface area contributed by atoms with E-state index in [1.54, 1.807) is 0 Å². The van der Waals surface area contributed by atoms with E-state index < -0.39 is 0 Å². The highest BCUT2D eigenvalue weighted by atomic mass is 16.5. The molecule has 72 valence electrons. The van der Waals surface area contributed by atoms with E-state index in [1.165, 1.54) is 0 Å². The molecule has 0 unspecified atom stereocenters. The summed E-state index contributed by atoms with van der Waals surface area (Å²) in [5.41, 5.74) is 0. The molecule has 0 aromatic carbocycles. The quantitative estimate of drug-likeness (QED) is 0.539. The number of ether oxygens (including phenoxy) is 1. The minimum atomic E-state index is 0.765. The van der Waals surface area contributed by atoms with Crippen molar-refractivity contribution in [2.24, 2.45) is 0 Å². The lowest BCUT2D eigenvalue weighted by Crippen LogP contribution is -2.41. The third kappa shape index (κ3) is 1.22. The molecule has 0 atom stereocenters. The molecule has 13 heavy (non-hydrogen) atoms. The van der Waals surface area contributed by atoms with E-state index in [4.69, 9.17) is 4.74 Å². The van der Waals surface area contributed by atoms with Gasteiger partial charge in [0.15, 0.2) is 5.82 Å².